The Morgan fingerprint density at radius 2 is 1.97 bits per heavy atom. The highest BCUT2D eigenvalue weighted by molar-refractivity contribution is 5.67. The van der Waals surface area contributed by atoms with Crippen LogP contribution in [0.5, 0.6) is 5.88 Å². The molecule has 9 heteroatoms. The summed E-state index contributed by atoms with van der Waals surface area (Å²) in [4.78, 5) is 22.7. The molecule has 156 valence electrons. The molecule has 0 unspecified atom stereocenters. The topological polar surface area (TPSA) is 95.3 Å². The van der Waals surface area contributed by atoms with Crippen LogP contribution < -0.4 is 4.74 Å². The molecular formula is C20H28N6O3. The zero-order chi connectivity index (χ0) is 20.2. The molecule has 2 heterocycles. The maximum atomic E-state index is 12.2. The quantitative estimate of drug-likeness (QED) is 0.705. The summed E-state index contributed by atoms with van der Waals surface area (Å²) in [6, 6.07) is 0. The van der Waals surface area contributed by atoms with Crippen LogP contribution in [-0.2, 0) is 18.4 Å². The summed E-state index contributed by atoms with van der Waals surface area (Å²) in [6.07, 6.45) is 11.3. The van der Waals surface area contributed by atoms with E-state index in [-0.39, 0.29) is 18.8 Å². The van der Waals surface area contributed by atoms with Gasteiger partial charge in [0.2, 0.25) is 5.88 Å². The first-order valence-electron chi connectivity index (χ1n) is 10.4. The summed E-state index contributed by atoms with van der Waals surface area (Å²) in [5.74, 6) is 1.14. The number of aromatic nitrogens is 5. The Morgan fingerprint density at radius 1 is 1.17 bits per heavy atom. The third-order valence-corrected chi connectivity index (χ3v) is 5.53. The van der Waals surface area contributed by atoms with Crippen molar-refractivity contribution in [3.05, 3.63) is 18.1 Å². The molecule has 2 fully saturated rings. The van der Waals surface area contributed by atoms with Gasteiger partial charge in [0.05, 0.1) is 12.4 Å². The van der Waals surface area contributed by atoms with Gasteiger partial charge < -0.3 is 14.4 Å². The molecule has 2 aromatic heterocycles. The number of ether oxygens (including phenoxy) is 2. The average molecular weight is 400 g/mol. The molecule has 2 saturated carbocycles. The van der Waals surface area contributed by atoms with Crippen LogP contribution in [0.2, 0.25) is 0 Å². The number of nitrogens with zero attached hydrogens (tertiary/aromatic N) is 6. The molecule has 1 amide bonds. The second kappa shape index (κ2) is 8.75. The van der Waals surface area contributed by atoms with Crippen molar-refractivity contribution in [1.82, 2.24) is 29.9 Å². The molecule has 0 aliphatic heterocycles. The second-order valence-electron chi connectivity index (χ2n) is 8.00. The van der Waals surface area contributed by atoms with E-state index in [0.717, 1.165) is 19.4 Å². The molecule has 0 N–H and O–H groups in total. The summed E-state index contributed by atoms with van der Waals surface area (Å²) in [5.41, 5.74) is 1.81. The monoisotopic (exact) mass is 400 g/mol. The van der Waals surface area contributed by atoms with Crippen LogP contribution in [0, 0.1) is 5.92 Å². The van der Waals surface area contributed by atoms with Crippen LogP contribution in [0.4, 0.5) is 4.79 Å². The molecule has 29 heavy (non-hydrogen) atoms. The maximum Gasteiger partial charge on any atom is 0.409 e. The van der Waals surface area contributed by atoms with Crippen molar-refractivity contribution < 1.29 is 14.3 Å². The Hall–Kier alpha value is -2.71. The number of hydrogen-bond acceptors (Lipinski definition) is 7. The molecule has 9 nitrogen and oxygen atoms in total. The van der Waals surface area contributed by atoms with Gasteiger partial charge in [-0.05, 0) is 44.4 Å². The van der Waals surface area contributed by atoms with Crippen molar-refractivity contribution in [1.29, 1.82) is 0 Å². The van der Waals surface area contributed by atoms with Gasteiger partial charge in [-0.25, -0.2) is 19.4 Å². The smallest absolute Gasteiger partial charge is 0.409 e. The van der Waals surface area contributed by atoms with E-state index >= 15 is 0 Å². The first-order valence-corrected chi connectivity index (χ1v) is 10.4. The minimum Gasteiger partial charge on any atom is -0.473 e. The molecule has 2 aliphatic carbocycles. The summed E-state index contributed by atoms with van der Waals surface area (Å²) >= 11 is 0. The van der Waals surface area contributed by atoms with Gasteiger partial charge in [0.15, 0.2) is 0 Å². The van der Waals surface area contributed by atoms with Gasteiger partial charge >= 0.3 is 6.09 Å². The van der Waals surface area contributed by atoms with Gasteiger partial charge in [-0.1, -0.05) is 11.6 Å². The Labute approximate surface area is 170 Å². The van der Waals surface area contributed by atoms with Crippen molar-refractivity contribution in [3.63, 3.8) is 0 Å². The van der Waals surface area contributed by atoms with E-state index in [0.29, 0.717) is 28.9 Å². The highest BCUT2D eigenvalue weighted by Crippen LogP contribution is 2.29. The Bertz CT molecular complexity index is 827. The van der Waals surface area contributed by atoms with Gasteiger partial charge in [-0.3, -0.25) is 0 Å². The maximum absolute atomic E-state index is 12.2. The van der Waals surface area contributed by atoms with E-state index in [1.807, 2.05) is 0 Å². The zero-order valence-corrected chi connectivity index (χ0v) is 17.1. The van der Waals surface area contributed by atoms with Crippen molar-refractivity contribution in [2.75, 3.05) is 13.6 Å². The summed E-state index contributed by atoms with van der Waals surface area (Å²) in [7, 11) is 3.53. The lowest BCUT2D eigenvalue weighted by atomic mass is 9.98. The van der Waals surface area contributed by atoms with E-state index in [2.05, 4.69) is 20.3 Å². The summed E-state index contributed by atoms with van der Waals surface area (Å²) < 4.78 is 13.0. The van der Waals surface area contributed by atoms with Gasteiger partial charge in [0, 0.05) is 20.6 Å². The molecule has 0 radical (unpaired) electrons. The fourth-order valence-electron chi connectivity index (χ4n) is 3.59. The van der Waals surface area contributed by atoms with E-state index < -0.39 is 0 Å². The number of carbonyl (C=O) groups is 1. The van der Waals surface area contributed by atoms with E-state index in [1.54, 1.807) is 36.1 Å². The average Bonchev–Trinajstić information content (AvgIpc) is 3.48. The summed E-state index contributed by atoms with van der Waals surface area (Å²) in [5, 5.41) is 8.23. The third kappa shape index (κ3) is 5.02. The van der Waals surface area contributed by atoms with Crippen LogP contribution >= 0.6 is 0 Å². The number of rotatable bonds is 7. The Balaban J connectivity index is 1.38. The second-order valence-corrected chi connectivity index (χ2v) is 8.00. The van der Waals surface area contributed by atoms with Crippen LogP contribution in [0.25, 0.3) is 11.4 Å². The molecular weight excluding hydrogens is 372 g/mol. The van der Waals surface area contributed by atoms with Crippen molar-refractivity contribution in [3.8, 4) is 17.3 Å². The van der Waals surface area contributed by atoms with Crippen molar-refractivity contribution in [2.45, 2.75) is 57.7 Å². The minimum atomic E-state index is -0.341. The highest BCUT2D eigenvalue weighted by atomic mass is 16.6. The van der Waals surface area contributed by atoms with Crippen LogP contribution in [0.1, 0.15) is 50.6 Å². The molecule has 2 aromatic rings. The van der Waals surface area contributed by atoms with Gasteiger partial charge in [-0.15, -0.1) is 5.10 Å². The lowest BCUT2D eigenvalue weighted by Gasteiger charge is -2.22. The zero-order valence-electron chi connectivity index (χ0n) is 17.1. The largest absolute Gasteiger partial charge is 0.473 e. The van der Waals surface area contributed by atoms with Crippen molar-refractivity contribution >= 4 is 6.09 Å². The highest BCUT2D eigenvalue weighted by Gasteiger charge is 2.26. The lowest BCUT2D eigenvalue weighted by molar-refractivity contribution is 0.101. The predicted molar refractivity (Wildman–Crippen MR) is 105 cm³/mol. The van der Waals surface area contributed by atoms with Crippen LogP contribution in [0.3, 0.4) is 0 Å². The number of hydrogen-bond donors (Lipinski definition) is 0. The van der Waals surface area contributed by atoms with E-state index in [4.69, 9.17) is 9.47 Å². The van der Waals surface area contributed by atoms with Gasteiger partial charge in [0.25, 0.3) is 0 Å². The van der Waals surface area contributed by atoms with Gasteiger partial charge in [0.1, 0.15) is 29.8 Å². The fraction of sp³-hybridized carbons (Fsp3) is 0.650. The summed E-state index contributed by atoms with van der Waals surface area (Å²) in [6.45, 7) is 0.817. The third-order valence-electron chi connectivity index (χ3n) is 5.53. The van der Waals surface area contributed by atoms with E-state index in [1.165, 1.54) is 32.1 Å². The molecule has 0 aromatic carbocycles. The fourth-order valence-corrected chi connectivity index (χ4v) is 3.59. The lowest BCUT2D eigenvalue weighted by Crippen LogP contribution is -2.29. The molecule has 4 rings (SSSR count). The molecule has 2 aliphatic rings. The number of aryl methyl sites for hydroxylation is 1. The molecule has 0 spiro atoms. The van der Waals surface area contributed by atoms with Crippen LogP contribution in [-0.4, -0.2) is 55.7 Å². The Kier molecular flexibility index (Phi) is 5.92. The number of amides is 1. The Morgan fingerprint density at radius 3 is 2.66 bits per heavy atom. The molecule has 0 atom stereocenters. The molecule has 0 bridgehead atoms. The number of carbonyl (C=O) groups excluding carboxylic acids is 1. The predicted octanol–water partition coefficient (Wildman–Crippen LogP) is 2.96. The SMILES string of the molecule is CN(CC1CC1)C(=O)OCc1c(-c2cnc(OC3CCCCC3)cn2)nnn1C. The first-order chi connectivity index (χ1) is 14.1. The van der Waals surface area contributed by atoms with Gasteiger partial charge in [-0.2, -0.15) is 0 Å². The van der Waals surface area contributed by atoms with E-state index in [9.17, 15) is 4.79 Å². The van der Waals surface area contributed by atoms with Crippen molar-refractivity contribution in [2.24, 2.45) is 13.0 Å². The first kappa shape index (κ1) is 19.6. The molecule has 0 saturated heterocycles. The minimum absolute atomic E-state index is 0.0781. The van der Waals surface area contributed by atoms with Crippen LogP contribution in [0.15, 0.2) is 12.4 Å². The standard InChI is InChI=1S/C20H28N6O3/c1-25(12-14-8-9-14)20(27)28-13-17-19(23-24-26(17)2)16-10-22-18(11-21-16)29-15-6-4-3-5-7-15/h10-11,14-15H,3-9,12-13H2,1-2H3. The normalized spacial score (nSPS) is 17.2.